The number of anilines is 2. The molecule has 1 aliphatic rings. The Morgan fingerprint density at radius 3 is 2.81 bits per heavy atom. The molecule has 0 radical (unpaired) electrons. The van der Waals surface area contributed by atoms with Crippen molar-refractivity contribution in [3.8, 4) is 0 Å². The first kappa shape index (κ1) is 14.1. The molecule has 0 aliphatic carbocycles. The fraction of sp³-hybridized carbons (Fsp3) is 0.333. The summed E-state index contributed by atoms with van der Waals surface area (Å²) in [6, 6.07) is 11.6. The predicted octanol–water partition coefficient (Wildman–Crippen LogP) is 3.94. The van der Waals surface area contributed by atoms with Crippen LogP contribution in [0.5, 0.6) is 0 Å². The van der Waals surface area contributed by atoms with Gasteiger partial charge in [0.1, 0.15) is 5.82 Å². The minimum absolute atomic E-state index is 0.166. The standard InChI is InChI=1S/C18H21FN2/c1-3-20-12-15-5-7-17(10-13(15)2)21-9-8-14-4-6-16(19)11-18(14)21/h4-7,10-11,20H,3,8-9,12H2,1-2H3. The maximum Gasteiger partial charge on any atom is 0.125 e. The Kier molecular flexibility index (Phi) is 3.93. The highest BCUT2D eigenvalue weighted by atomic mass is 19.1. The van der Waals surface area contributed by atoms with Crippen LogP contribution in [0.2, 0.25) is 0 Å². The molecule has 2 aromatic carbocycles. The quantitative estimate of drug-likeness (QED) is 0.915. The largest absolute Gasteiger partial charge is 0.341 e. The summed E-state index contributed by atoms with van der Waals surface area (Å²) in [5, 5.41) is 3.35. The smallest absolute Gasteiger partial charge is 0.125 e. The maximum atomic E-state index is 13.5. The summed E-state index contributed by atoms with van der Waals surface area (Å²) in [4.78, 5) is 2.21. The van der Waals surface area contributed by atoms with Crippen LogP contribution < -0.4 is 10.2 Å². The average Bonchev–Trinajstić information content (AvgIpc) is 2.89. The van der Waals surface area contributed by atoms with Gasteiger partial charge in [-0.2, -0.15) is 0 Å². The molecule has 1 N–H and O–H groups in total. The van der Waals surface area contributed by atoms with E-state index >= 15 is 0 Å². The molecule has 21 heavy (non-hydrogen) atoms. The van der Waals surface area contributed by atoms with Crippen LogP contribution in [0.15, 0.2) is 36.4 Å². The first-order valence-electron chi connectivity index (χ1n) is 7.55. The fourth-order valence-corrected chi connectivity index (χ4v) is 2.93. The van der Waals surface area contributed by atoms with E-state index in [0.717, 1.165) is 37.4 Å². The third-order valence-corrected chi connectivity index (χ3v) is 4.15. The van der Waals surface area contributed by atoms with Crippen LogP contribution >= 0.6 is 0 Å². The summed E-state index contributed by atoms with van der Waals surface area (Å²) in [6.07, 6.45) is 0.980. The molecule has 0 unspecified atom stereocenters. The number of hydrogen-bond donors (Lipinski definition) is 1. The van der Waals surface area contributed by atoms with Crippen LogP contribution in [0.1, 0.15) is 23.6 Å². The van der Waals surface area contributed by atoms with Gasteiger partial charge in [0.15, 0.2) is 0 Å². The Labute approximate surface area is 125 Å². The Bertz CT molecular complexity index is 652. The minimum Gasteiger partial charge on any atom is -0.341 e. The number of nitrogens with zero attached hydrogens (tertiary/aromatic N) is 1. The summed E-state index contributed by atoms with van der Waals surface area (Å²) >= 11 is 0. The zero-order chi connectivity index (χ0) is 14.8. The van der Waals surface area contributed by atoms with Crippen LogP contribution in [-0.4, -0.2) is 13.1 Å². The van der Waals surface area contributed by atoms with Crippen LogP contribution in [0, 0.1) is 12.7 Å². The number of nitrogens with one attached hydrogen (secondary N) is 1. The van der Waals surface area contributed by atoms with Gasteiger partial charge in [-0.05, 0) is 60.8 Å². The zero-order valence-electron chi connectivity index (χ0n) is 12.6. The average molecular weight is 284 g/mol. The van der Waals surface area contributed by atoms with Gasteiger partial charge in [0, 0.05) is 24.5 Å². The third kappa shape index (κ3) is 2.79. The SMILES string of the molecule is CCNCc1ccc(N2CCc3ccc(F)cc32)cc1C. The number of benzene rings is 2. The normalized spacial score (nSPS) is 13.6. The van der Waals surface area contributed by atoms with Crippen LogP contribution in [0.3, 0.4) is 0 Å². The van der Waals surface area contributed by atoms with Crippen molar-refractivity contribution in [2.45, 2.75) is 26.8 Å². The van der Waals surface area contributed by atoms with Gasteiger partial charge in [0.2, 0.25) is 0 Å². The van der Waals surface area contributed by atoms with Crippen molar-refractivity contribution < 1.29 is 4.39 Å². The van der Waals surface area contributed by atoms with Gasteiger partial charge in [0.25, 0.3) is 0 Å². The molecule has 110 valence electrons. The van der Waals surface area contributed by atoms with Gasteiger partial charge in [-0.3, -0.25) is 0 Å². The van der Waals surface area contributed by atoms with E-state index in [9.17, 15) is 4.39 Å². The topological polar surface area (TPSA) is 15.3 Å². The van der Waals surface area contributed by atoms with Crippen molar-refractivity contribution in [1.82, 2.24) is 5.32 Å². The molecule has 2 nitrogen and oxygen atoms in total. The highest BCUT2D eigenvalue weighted by molar-refractivity contribution is 5.70. The fourth-order valence-electron chi connectivity index (χ4n) is 2.93. The van der Waals surface area contributed by atoms with E-state index in [2.05, 4.69) is 42.3 Å². The highest BCUT2D eigenvalue weighted by Crippen LogP contribution is 2.35. The summed E-state index contributed by atoms with van der Waals surface area (Å²) in [5.74, 6) is -0.166. The van der Waals surface area contributed by atoms with Crippen LogP contribution in [0.25, 0.3) is 0 Å². The van der Waals surface area contributed by atoms with E-state index in [-0.39, 0.29) is 5.82 Å². The Morgan fingerprint density at radius 1 is 1.19 bits per heavy atom. The number of aryl methyl sites for hydroxylation is 1. The second-order valence-electron chi connectivity index (χ2n) is 5.57. The predicted molar refractivity (Wildman–Crippen MR) is 85.7 cm³/mol. The van der Waals surface area contributed by atoms with Crippen molar-refractivity contribution in [1.29, 1.82) is 0 Å². The Balaban J connectivity index is 1.89. The maximum absolute atomic E-state index is 13.5. The van der Waals surface area contributed by atoms with E-state index in [0.29, 0.717) is 0 Å². The van der Waals surface area contributed by atoms with Crippen molar-refractivity contribution in [2.75, 3.05) is 18.0 Å². The van der Waals surface area contributed by atoms with Crippen molar-refractivity contribution in [3.63, 3.8) is 0 Å². The molecule has 0 fully saturated rings. The highest BCUT2D eigenvalue weighted by Gasteiger charge is 2.21. The lowest BCUT2D eigenvalue weighted by atomic mass is 10.1. The molecule has 1 heterocycles. The monoisotopic (exact) mass is 284 g/mol. The first-order chi connectivity index (χ1) is 10.2. The van der Waals surface area contributed by atoms with Crippen molar-refractivity contribution >= 4 is 11.4 Å². The van der Waals surface area contributed by atoms with E-state index in [1.165, 1.54) is 16.7 Å². The molecular formula is C18H21FN2. The molecular weight excluding hydrogens is 263 g/mol. The Hall–Kier alpha value is -1.87. The molecule has 2 aromatic rings. The molecule has 0 bridgehead atoms. The minimum atomic E-state index is -0.166. The summed E-state index contributed by atoms with van der Waals surface area (Å²) < 4.78 is 13.5. The molecule has 0 aromatic heterocycles. The van der Waals surface area contributed by atoms with Crippen LogP contribution in [0.4, 0.5) is 15.8 Å². The summed E-state index contributed by atoms with van der Waals surface area (Å²) in [5.41, 5.74) is 5.98. The summed E-state index contributed by atoms with van der Waals surface area (Å²) in [7, 11) is 0. The van der Waals surface area contributed by atoms with Gasteiger partial charge in [-0.15, -0.1) is 0 Å². The number of halogens is 1. The van der Waals surface area contributed by atoms with Gasteiger partial charge in [-0.1, -0.05) is 19.1 Å². The summed E-state index contributed by atoms with van der Waals surface area (Å²) in [6.45, 7) is 7.04. The third-order valence-electron chi connectivity index (χ3n) is 4.15. The Morgan fingerprint density at radius 2 is 2.05 bits per heavy atom. The van der Waals surface area contributed by atoms with Gasteiger partial charge in [0.05, 0.1) is 0 Å². The zero-order valence-corrected chi connectivity index (χ0v) is 12.6. The van der Waals surface area contributed by atoms with Gasteiger partial charge >= 0.3 is 0 Å². The van der Waals surface area contributed by atoms with E-state index in [1.807, 2.05) is 6.07 Å². The van der Waals surface area contributed by atoms with Crippen molar-refractivity contribution in [3.05, 3.63) is 58.9 Å². The number of hydrogen-bond acceptors (Lipinski definition) is 2. The second kappa shape index (κ2) is 5.86. The van der Waals surface area contributed by atoms with Crippen LogP contribution in [-0.2, 0) is 13.0 Å². The van der Waals surface area contributed by atoms with E-state index in [1.54, 1.807) is 12.1 Å². The molecule has 0 amide bonds. The number of fused-ring (bicyclic) bond motifs is 1. The molecule has 3 heteroatoms. The first-order valence-corrected chi connectivity index (χ1v) is 7.55. The van der Waals surface area contributed by atoms with E-state index in [4.69, 9.17) is 0 Å². The lowest BCUT2D eigenvalue weighted by Gasteiger charge is -2.21. The van der Waals surface area contributed by atoms with Gasteiger partial charge in [-0.25, -0.2) is 4.39 Å². The number of rotatable bonds is 4. The van der Waals surface area contributed by atoms with E-state index < -0.39 is 0 Å². The molecule has 0 spiro atoms. The molecule has 0 saturated heterocycles. The second-order valence-corrected chi connectivity index (χ2v) is 5.57. The molecule has 0 atom stereocenters. The molecule has 3 rings (SSSR count). The van der Waals surface area contributed by atoms with Gasteiger partial charge < -0.3 is 10.2 Å². The molecule has 0 saturated carbocycles. The molecule has 1 aliphatic heterocycles. The van der Waals surface area contributed by atoms with Crippen molar-refractivity contribution in [2.24, 2.45) is 0 Å². The lowest BCUT2D eigenvalue weighted by Crippen LogP contribution is -2.15. The lowest BCUT2D eigenvalue weighted by molar-refractivity contribution is 0.628.